The summed E-state index contributed by atoms with van der Waals surface area (Å²) in [4.78, 5) is 13.2. The second kappa shape index (κ2) is 7.24. The van der Waals surface area contributed by atoms with Crippen LogP contribution in [-0.2, 0) is 0 Å². The van der Waals surface area contributed by atoms with E-state index in [1.807, 2.05) is 18.2 Å². The minimum absolute atomic E-state index is 0.0572. The summed E-state index contributed by atoms with van der Waals surface area (Å²) in [6, 6.07) is 9.69. The number of nitrogens with one attached hydrogen (secondary N) is 2. The quantitative estimate of drug-likeness (QED) is 0.769. The summed E-state index contributed by atoms with van der Waals surface area (Å²) in [5.74, 6) is -0.173. The molecule has 0 fully saturated rings. The molecule has 1 atom stereocenters. The van der Waals surface area contributed by atoms with Crippen LogP contribution >= 0.6 is 11.3 Å². The van der Waals surface area contributed by atoms with Gasteiger partial charge < -0.3 is 15.7 Å². The number of benzene rings is 1. The molecule has 5 heteroatoms. The molecular formula is C16H20N2O2S. The van der Waals surface area contributed by atoms with Crippen LogP contribution in [0.1, 0.15) is 33.8 Å². The zero-order valence-corrected chi connectivity index (χ0v) is 13.0. The van der Waals surface area contributed by atoms with Crippen LogP contribution in [0.5, 0.6) is 0 Å². The van der Waals surface area contributed by atoms with E-state index in [0.717, 1.165) is 5.69 Å². The van der Waals surface area contributed by atoms with Crippen LogP contribution in [0.15, 0.2) is 35.7 Å². The zero-order valence-electron chi connectivity index (χ0n) is 12.2. The van der Waals surface area contributed by atoms with Crippen molar-refractivity contribution in [2.45, 2.75) is 19.9 Å². The molecule has 2 rings (SSSR count). The largest absolute Gasteiger partial charge is 0.395 e. The Bertz CT molecular complexity index is 610. The number of thiophene rings is 1. The molecule has 0 spiro atoms. The fourth-order valence-corrected chi connectivity index (χ4v) is 3.10. The van der Waals surface area contributed by atoms with Crippen LogP contribution in [0.25, 0.3) is 0 Å². The molecule has 0 aliphatic heterocycles. The number of carbonyl (C=O) groups is 1. The smallest absolute Gasteiger partial charge is 0.251 e. The van der Waals surface area contributed by atoms with Crippen molar-refractivity contribution in [1.29, 1.82) is 0 Å². The summed E-state index contributed by atoms with van der Waals surface area (Å²) in [5.41, 5.74) is 2.77. The molecular weight excluding hydrogens is 284 g/mol. The summed E-state index contributed by atoms with van der Waals surface area (Å²) >= 11 is 1.73. The van der Waals surface area contributed by atoms with E-state index in [-0.39, 0.29) is 25.1 Å². The number of hydrogen-bond acceptors (Lipinski definition) is 4. The fourth-order valence-electron chi connectivity index (χ4n) is 2.17. The number of aryl methyl sites for hydroxylation is 1. The van der Waals surface area contributed by atoms with E-state index >= 15 is 0 Å². The zero-order chi connectivity index (χ0) is 15.2. The van der Waals surface area contributed by atoms with Crippen LogP contribution in [0, 0.1) is 6.92 Å². The van der Waals surface area contributed by atoms with Gasteiger partial charge in [-0.1, -0.05) is 6.07 Å². The summed E-state index contributed by atoms with van der Waals surface area (Å²) in [5, 5.41) is 16.9. The molecule has 0 radical (unpaired) electrons. The van der Waals surface area contributed by atoms with Crippen LogP contribution in [0.4, 0.5) is 5.69 Å². The molecule has 3 N–H and O–H groups in total. The first-order valence-corrected chi connectivity index (χ1v) is 7.79. The van der Waals surface area contributed by atoms with Gasteiger partial charge in [0, 0.05) is 22.7 Å². The first-order chi connectivity index (χ1) is 10.1. The van der Waals surface area contributed by atoms with Crippen molar-refractivity contribution >= 4 is 22.9 Å². The summed E-state index contributed by atoms with van der Waals surface area (Å²) in [7, 11) is 0. The Balaban J connectivity index is 2.07. The van der Waals surface area contributed by atoms with E-state index in [1.165, 1.54) is 10.4 Å². The first-order valence-electron chi connectivity index (χ1n) is 6.91. The summed E-state index contributed by atoms with van der Waals surface area (Å²) in [6.07, 6.45) is 0. The van der Waals surface area contributed by atoms with E-state index in [0.29, 0.717) is 5.56 Å². The summed E-state index contributed by atoms with van der Waals surface area (Å²) in [6.45, 7) is 4.42. The van der Waals surface area contributed by atoms with E-state index in [2.05, 4.69) is 35.9 Å². The minimum Gasteiger partial charge on any atom is -0.395 e. The van der Waals surface area contributed by atoms with Crippen LogP contribution < -0.4 is 10.6 Å². The van der Waals surface area contributed by atoms with Gasteiger partial charge in [-0.05, 0) is 49.1 Å². The normalized spacial score (nSPS) is 12.0. The molecule has 0 aliphatic carbocycles. The third-order valence-corrected chi connectivity index (χ3v) is 4.40. The van der Waals surface area contributed by atoms with Gasteiger partial charge in [-0.15, -0.1) is 11.3 Å². The Labute approximate surface area is 128 Å². The van der Waals surface area contributed by atoms with Gasteiger partial charge in [-0.3, -0.25) is 4.79 Å². The third-order valence-electron chi connectivity index (χ3n) is 3.20. The lowest BCUT2D eigenvalue weighted by Crippen LogP contribution is -2.26. The number of anilines is 1. The molecule has 0 aliphatic rings. The Hall–Kier alpha value is -1.85. The second-order valence-corrected chi connectivity index (χ2v) is 5.84. The minimum atomic E-state index is -0.173. The van der Waals surface area contributed by atoms with Crippen molar-refractivity contribution in [3.8, 4) is 0 Å². The van der Waals surface area contributed by atoms with Gasteiger partial charge >= 0.3 is 0 Å². The lowest BCUT2D eigenvalue weighted by atomic mass is 10.1. The predicted octanol–water partition coefficient (Wildman–Crippen LogP) is 2.95. The molecule has 0 saturated carbocycles. The number of aliphatic hydroxyl groups is 1. The topological polar surface area (TPSA) is 61.4 Å². The maximum Gasteiger partial charge on any atom is 0.251 e. The maximum absolute atomic E-state index is 11.9. The van der Waals surface area contributed by atoms with Gasteiger partial charge in [-0.2, -0.15) is 0 Å². The Morgan fingerprint density at radius 3 is 2.86 bits per heavy atom. The Kier molecular flexibility index (Phi) is 5.36. The van der Waals surface area contributed by atoms with Crippen molar-refractivity contribution in [3.05, 3.63) is 51.7 Å². The fraction of sp³-hybridized carbons (Fsp3) is 0.312. The number of aliphatic hydroxyl groups excluding tert-OH is 1. The molecule has 2 aromatic rings. The molecule has 1 aromatic heterocycles. The average molecular weight is 304 g/mol. The standard InChI is InChI=1S/C16H20N2O2S/c1-11-6-9-21-15(11)12(2)18-14-5-3-4-13(10-14)16(20)17-7-8-19/h3-6,9-10,12,18-19H,7-8H2,1-2H3,(H,17,20). The van der Waals surface area contributed by atoms with Gasteiger partial charge in [0.15, 0.2) is 0 Å². The van der Waals surface area contributed by atoms with Crippen LogP contribution in [0.3, 0.4) is 0 Å². The number of carbonyl (C=O) groups excluding carboxylic acids is 1. The predicted molar refractivity (Wildman–Crippen MR) is 87.0 cm³/mol. The summed E-state index contributed by atoms with van der Waals surface area (Å²) < 4.78 is 0. The molecule has 1 unspecified atom stereocenters. The molecule has 1 amide bonds. The SMILES string of the molecule is Cc1ccsc1C(C)Nc1cccc(C(=O)NCCO)c1. The highest BCUT2D eigenvalue weighted by Gasteiger charge is 2.11. The van der Waals surface area contributed by atoms with Gasteiger partial charge in [-0.25, -0.2) is 0 Å². The van der Waals surface area contributed by atoms with Crippen molar-refractivity contribution in [2.24, 2.45) is 0 Å². The van der Waals surface area contributed by atoms with Gasteiger partial charge in [0.1, 0.15) is 0 Å². The molecule has 1 heterocycles. The van der Waals surface area contributed by atoms with E-state index in [4.69, 9.17) is 5.11 Å². The maximum atomic E-state index is 11.9. The second-order valence-electron chi connectivity index (χ2n) is 4.89. The van der Waals surface area contributed by atoms with Crippen molar-refractivity contribution in [1.82, 2.24) is 5.32 Å². The Morgan fingerprint density at radius 1 is 1.38 bits per heavy atom. The number of amides is 1. The van der Waals surface area contributed by atoms with Gasteiger partial charge in [0.05, 0.1) is 12.6 Å². The highest BCUT2D eigenvalue weighted by molar-refractivity contribution is 7.10. The first kappa shape index (κ1) is 15.5. The number of rotatable bonds is 6. The van der Waals surface area contributed by atoms with Crippen molar-refractivity contribution in [3.63, 3.8) is 0 Å². The average Bonchev–Trinajstić information content (AvgIpc) is 2.91. The number of hydrogen-bond donors (Lipinski definition) is 3. The third kappa shape index (κ3) is 4.06. The molecule has 112 valence electrons. The molecule has 0 bridgehead atoms. The lowest BCUT2D eigenvalue weighted by molar-refractivity contribution is 0.0945. The van der Waals surface area contributed by atoms with Crippen LogP contribution in [0.2, 0.25) is 0 Å². The molecule has 0 saturated heterocycles. The van der Waals surface area contributed by atoms with E-state index in [1.54, 1.807) is 17.4 Å². The van der Waals surface area contributed by atoms with Crippen molar-refractivity contribution < 1.29 is 9.90 Å². The highest BCUT2D eigenvalue weighted by Crippen LogP contribution is 2.27. The van der Waals surface area contributed by atoms with E-state index < -0.39 is 0 Å². The van der Waals surface area contributed by atoms with E-state index in [9.17, 15) is 4.79 Å². The molecule has 1 aromatic carbocycles. The molecule has 21 heavy (non-hydrogen) atoms. The highest BCUT2D eigenvalue weighted by atomic mass is 32.1. The lowest BCUT2D eigenvalue weighted by Gasteiger charge is -2.15. The van der Waals surface area contributed by atoms with Crippen LogP contribution in [-0.4, -0.2) is 24.2 Å². The van der Waals surface area contributed by atoms with Crippen molar-refractivity contribution in [2.75, 3.05) is 18.5 Å². The van der Waals surface area contributed by atoms with Gasteiger partial charge in [0.25, 0.3) is 5.91 Å². The monoisotopic (exact) mass is 304 g/mol. The van der Waals surface area contributed by atoms with Gasteiger partial charge in [0.2, 0.25) is 0 Å². The Morgan fingerprint density at radius 2 is 2.19 bits per heavy atom. The molecule has 4 nitrogen and oxygen atoms in total.